The molecular formula is C13H28O4. The predicted molar refractivity (Wildman–Crippen MR) is 67.2 cm³/mol. The van der Waals surface area contributed by atoms with Gasteiger partial charge < -0.3 is 0 Å². The maximum atomic E-state index is 5.44. The zero-order valence-corrected chi connectivity index (χ0v) is 11.8. The summed E-state index contributed by atoms with van der Waals surface area (Å²) in [4.78, 5) is 21.0. The quantitative estimate of drug-likeness (QED) is 0.297. The Bertz CT molecular complexity index is 124. The Kier molecular flexibility index (Phi) is 10.9. The fourth-order valence-corrected chi connectivity index (χ4v) is 1.53. The van der Waals surface area contributed by atoms with Crippen LogP contribution in [0.15, 0.2) is 0 Å². The Morgan fingerprint density at radius 3 is 1.41 bits per heavy atom. The summed E-state index contributed by atoms with van der Waals surface area (Å²) in [5, 5.41) is 0. The van der Waals surface area contributed by atoms with E-state index in [0.29, 0.717) is 13.2 Å². The molecule has 17 heavy (non-hydrogen) atoms. The summed E-state index contributed by atoms with van der Waals surface area (Å²) in [6.07, 6.45) is 5.85. The van der Waals surface area contributed by atoms with Crippen LogP contribution in [0.25, 0.3) is 0 Å². The van der Waals surface area contributed by atoms with Crippen LogP contribution in [0.1, 0.15) is 66.2 Å². The highest BCUT2D eigenvalue weighted by Gasteiger charge is 2.34. The standard InChI is InChI=1S/C13H28O4/c1-5-9-11-13(12-10-6-2,16-14-7-3)17-15-8-4/h5-12H2,1-4H3. The summed E-state index contributed by atoms with van der Waals surface area (Å²) in [5.74, 6) is -0.738. The van der Waals surface area contributed by atoms with Gasteiger partial charge in [0.25, 0.3) is 0 Å². The molecule has 0 saturated heterocycles. The molecule has 0 aliphatic heterocycles. The van der Waals surface area contributed by atoms with Gasteiger partial charge >= 0.3 is 0 Å². The van der Waals surface area contributed by atoms with Gasteiger partial charge in [-0.1, -0.05) is 26.7 Å². The Hall–Kier alpha value is -0.160. The van der Waals surface area contributed by atoms with Gasteiger partial charge in [-0.15, -0.1) is 0 Å². The molecule has 0 fully saturated rings. The number of unbranched alkanes of at least 4 members (excludes halogenated alkanes) is 2. The largest absolute Gasteiger partial charge is 0.234 e. The Labute approximate surface area is 105 Å². The van der Waals surface area contributed by atoms with Crippen molar-refractivity contribution in [2.24, 2.45) is 0 Å². The first-order valence-electron chi connectivity index (χ1n) is 6.85. The van der Waals surface area contributed by atoms with Crippen molar-refractivity contribution in [2.45, 2.75) is 72.0 Å². The van der Waals surface area contributed by atoms with Crippen molar-refractivity contribution in [1.29, 1.82) is 0 Å². The van der Waals surface area contributed by atoms with Crippen LogP contribution >= 0.6 is 0 Å². The van der Waals surface area contributed by atoms with E-state index in [1.165, 1.54) is 0 Å². The molecular weight excluding hydrogens is 220 g/mol. The SMILES string of the molecule is CCCCC(CCCC)(OOCC)OOCC. The van der Waals surface area contributed by atoms with Crippen molar-refractivity contribution >= 4 is 0 Å². The number of rotatable bonds is 12. The normalized spacial score (nSPS) is 12.0. The lowest BCUT2D eigenvalue weighted by Crippen LogP contribution is -2.36. The highest BCUT2D eigenvalue weighted by molar-refractivity contribution is 4.67. The molecule has 0 aromatic carbocycles. The first kappa shape index (κ1) is 16.8. The monoisotopic (exact) mass is 248 g/mol. The molecule has 0 aromatic rings. The third kappa shape index (κ3) is 7.71. The summed E-state index contributed by atoms with van der Waals surface area (Å²) in [6, 6.07) is 0. The van der Waals surface area contributed by atoms with Crippen LogP contribution in [-0.4, -0.2) is 19.0 Å². The zero-order valence-electron chi connectivity index (χ0n) is 11.8. The summed E-state index contributed by atoms with van der Waals surface area (Å²) in [6.45, 7) is 9.10. The molecule has 0 atom stereocenters. The Morgan fingerprint density at radius 1 is 0.706 bits per heavy atom. The second-order valence-electron chi connectivity index (χ2n) is 4.10. The summed E-state index contributed by atoms with van der Waals surface area (Å²) < 4.78 is 0. The highest BCUT2D eigenvalue weighted by atomic mass is 17.3. The van der Waals surface area contributed by atoms with Gasteiger partial charge in [-0.2, -0.15) is 9.78 Å². The van der Waals surface area contributed by atoms with E-state index in [-0.39, 0.29) is 0 Å². The van der Waals surface area contributed by atoms with E-state index in [0.717, 1.165) is 38.5 Å². The van der Waals surface area contributed by atoms with Gasteiger partial charge in [-0.25, -0.2) is 9.78 Å². The second-order valence-corrected chi connectivity index (χ2v) is 4.10. The summed E-state index contributed by atoms with van der Waals surface area (Å²) in [7, 11) is 0. The Morgan fingerprint density at radius 2 is 1.12 bits per heavy atom. The number of hydrogen-bond acceptors (Lipinski definition) is 4. The third-order valence-electron chi connectivity index (χ3n) is 2.48. The zero-order chi connectivity index (χ0) is 13.0. The number of hydrogen-bond donors (Lipinski definition) is 0. The molecule has 0 aliphatic carbocycles. The minimum absolute atomic E-state index is 0.509. The summed E-state index contributed by atoms with van der Waals surface area (Å²) >= 11 is 0. The second kappa shape index (κ2) is 11.0. The van der Waals surface area contributed by atoms with Crippen LogP contribution in [0.4, 0.5) is 0 Å². The first-order valence-corrected chi connectivity index (χ1v) is 6.85. The molecule has 0 aromatic heterocycles. The summed E-state index contributed by atoms with van der Waals surface area (Å²) in [5.41, 5.74) is 0. The van der Waals surface area contributed by atoms with Crippen molar-refractivity contribution in [2.75, 3.05) is 13.2 Å². The molecule has 104 valence electrons. The average molecular weight is 248 g/mol. The molecule has 0 saturated carbocycles. The van der Waals surface area contributed by atoms with Gasteiger partial charge in [0.1, 0.15) is 0 Å². The van der Waals surface area contributed by atoms with E-state index in [1.54, 1.807) is 0 Å². The van der Waals surface area contributed by atoms with Crippen LogP contribution in [0.2, 0.25) is 0 Å². The highest BCUT2D eigenvalue weighted by Crippen LogP contribution is 2.28. The van der Waals surface area contributed by atoms with Gasteiger partial charge in [-0.3, -0.25) is 0 Å². The third-order valence-corrected chi connectivity index (χ3v) is 2.48. The maximum absolute atomic E-state index is 5.44. The van der Waals surface area contributed by atoms with Crippen LogP contribution in [-0.2, 0) is 19.6 Å². The van der Waals surface area contributed by atoms with Gasteiger partial charge in [0, 0.05) is 12.8 Å². The molecule has 0 unspecified atom stereocenters. The average Bonchev–Trinajstić information content (AvgIpc) is 2.37. The lowest BCUT2D eigenvalue weighted by atomic mass is 10.0. The Balaban J connectivity index is 4.39. The molecule has 0 spiro atoms. The van der Waals surface area contributed by atoms with Crippen LogP contribution in [0.5, 0.6) is 0 Å². The van der Waals surface area contributed by atoms with Crippen molar-refractivity contribution in [3.8, 4) is 0 Å². The smallest absolute Gasteiger partial charge is 0.233 e. The molecule has 4 nitrogen and oxygen atoms in total. The topological polar surface area (TPSA) is 36.9 Å². The van der Waals surface area contributed by atoms with E-state index in [2.05, 4.69) is 13.8 Å². The van der Waals surface area contributed by atoms with E-state index < -0.39 is 5.79 Å². The molecule has 0 heterocycles. The van der Waals surface area contributed by atoms with Crippen LogP contribution in [0, 0.1) is 0 Å². The van der Waals surface area contributed by atoms with Gasteiger partial charge in [0.15, 0.2) is 0 Å². The van der Waals surface area contributed by atoms with E-state index in [1.807, 2.05) is 13.8 Å². The molecule has 0 bridgehead atoms. The lowest BCUT2D eigenvalue weighted by molar-refractivity contribution is -0.513. The predicted octanol–water partition coefficient (Wildman–Crippen LogP) is 4.00. The van der Waals surface area contributed by atoms with Crippen LogP contribution < -0.4 is 0 Å². The van der Waals surface area contributed by atoms with Gasteiger partial charge in [0.2, 0.25) is 5.79 Å². The molecule has 0 radical (unpaired) electrons. The maximum Gasteiger partial charge on any atom is 0.233 e. The van der Waals surface area contributed by atoms with Gasteiger partial charge in [0.05, 0.1) is 13.2 Å². The van der Waals surface area contributed by atoms with Crippen LogP contribution in [0.3, 0.4) is 0 Å². The molecule has 0 rings (SSSR count). The van der Waals surface area contributed by atoms with E-state index in [4.69, 9.17) is 19.6 Å². The first-order chi connectivity index (χ1) is 8.24. The van der Waals surface area contributed by atoms with E-state index in [9.17, 15) is 0 Å². The van der Waals surface area contributed by atoms with E-state index >= 15 is 0 Å². The lowest BCUT2D eigenvalue weighted by Gasteiger charge is -2.30. The van der Waals surface area contributed by atoms with Crippen molar-refractivity contribution in [1.82, 2.24) is 0 Å². The fourth-order valence-electron chi connectivity index (χ4n) is 1.53. The minimum atomic E-state index is -0.738. The van der Waals surface area contributed by atoms with Gasteiger partial charge in [-0.05, 0) is 26.7 Å². The molecule has 0 amide bonds. The van der Waals surface area contributed by atoms with Crippen molar-refractivity contribution in [3.05, 3.63) is 0 Å². The minimum Gasteiger partial charge on any atom is -0.234 e. The molecule has 0 aliphatic rings. The molecule has 4 heteroatoms. The van der Waals surface area contributed by atoms with Crippen molar-refractivity contribution in [3.63, 3.8) is 0 Å². The fraction of sp³-hybridized carbons (Fsp3) is 1.00. The molecule has 0 N–H and O–H groups in total. The van der Waals surface area contributed by atoms with Crippen molar-refractivity contribution < 1.29 is 19.6 Å².